The second-order valence-corrected chi connectivity index (χ2v) is 12.5. The molecule has 45 heavy (non-hydrogen) atoms. The molecule has 1 aromatic heterocycles. The Morgan fingerprint density at radius 2 is 1.91 bits per heavy atom. The minimum absolute atomic E-state index is 0.00326. The standard InChI is InChI=1S/C34H30ClFN4O5/c35-25-8-9-26-30(31(25)36)34(45-33(44)39-26)11-3-13-40(18-34)32(43)23-4-1-2-5-29(42)38-28-17-21-14-22(41)7-6-19(21)15-24(28)27-16-20(23)10-12-37-27/h6-10,12,15-17,23H,1-5,11,13-14,18H2,(H,38,42)(H,39,44)/t23?,34-/m0/s1. The van der Waals surface area contributed by atoms with Gasteiger partial charge in [-0.1, -0.05) is 24.1 Å². The van der Waals surface area contributed by atoms with E-state index in [1.54, 1.807) is 29.3 Å². The van der Waals surface area contributed by atoms with Crippen LogP contribution in [0.2, 0.25) is 5.02 Å². The number of ketones is 1. The number of rotatable bonds is 1. The summed E-state index contributed by atoms with van der Waals surface area (Å²) in [5, 5.41) is 5.48. The number of anilines is 2. The van der Waals surface area contributed by atoms with E-state index in [2.05, 4.69) is 15.6 Å². The van der Waals surface area contributed by atoms with Crippen LogP contribution in [0.5, 0.6) is 0 Å². The van der Waals surface area contributed by atoms with Gasteiger partial charge in [0.1, 0.15) is 0 Å². The van der Waals surface area contributed by atoms with Crippen LogP contribution >= 0.6 is 11.6 Å². The molecule has 2 bridgehead atoms. The third-order valence-corrected chi connectivity index (χ3v) is 9.41. The van der Waals surface area contributed by atoms with Crippen molar-refractivity contribution in [3.05, 3.63) is 81.8 Å². The normalized spacial score (nSPS) is 22.6. The van der Waals surface area contributed by atoms with E-state index in [0.717, 1.165) is 16.7 Å². The number of ether oxygens (including phenoxy) is 1. The van der Waals surface area contributed by atoms with E-state index in [-0.39, 0.29) is 53.3 Å². The number of hydrogen-bond donors (Lipinski definition) is 2. The SMILES string of the molecule is O=C1C=Cc2cc3c(cc2C1)NC(=O)CCCCC(C(=O)N1CCC[C@@]2(C1)OC(=O)Nc1ccc(Cl)c(F)c12)c1ccnc-3c1. The Morgan fingerprint density at radius 1 is 1.04 bits per heavy atom. The van der Waals surface area contributed by atoms with Crippen molar-refractivity contribution < 1.29 is 28.3 Å². The van der Waals surface area contributed by atoms with Gasteiger partial charge in [-0.3, -0.25) is 24.7 Å². The molecular formula is C34H30ClFN4O5. The maximum atomic E-state index is 15.5. The number of fused-ring (bicyclic) bond motifs is 7. The Bertz CT molecular complexity index is 1810. The maximum absolute atomic E-state index is 15.5. The van der Waals surface area contributed by atoms with Gasteiger partial charge in [-0.25, -0.2) is 9.18 Å². The summed E-state index contributed by atoms with van der Waals surface area (Å²) in [5.74, 6) is -1.57. The average molecular weight is 629 g/mol. The Hall–Kier alpha value is -4.57. The molecule has 1 fully saturated rings. The molecule has 3 aliphatic heterocycles. The van der Waals surface area contributed by atoms with Gasteiger partial charge in [-0.15, -0.1) is 0 Å². The number of pyridine rings is 1. The van der Waals surface area contributed by atoms with Crippen LogP contribution in [-0.4, -0.2) is 46.7 Å². The van der Waals surface area contributed by atoms with Crippen molar-refractivity contribution in [2.45, 2.75) is 56.5 Å². The van der Waals surface area contributed by atoms with Gasteiger partial charge in [0.15, 0.2) is 17.2 Å². The zero-order chi connectivity index (χ0) is 31.3. The first-order chi connectivity index (χ1) is 21.7. The molecule has 2 atom stereocenters. The highest BCUT2D eigenvalue weighted by Crippen LogP contribution is 2.46. The number of piperidine rings is 1. The number of benzene rings is 2. The largest absolute Gasteiger partial charge is 0.436 e. The summed E-state index contributed by atoms with van der Waals surface area (Å²) in [4.78, 5) is 58.3. The topological polar surface area (TPSA) is 118 Å². The molecule has 1 aliphatic carbocycles. The number of carbonyl (C=O) groups is 4. The fourth-order valence-corrected chi connectivity index (χ4v) is 7.14. The third-order valence-electron chi connectivity index (χ3n) is 9.12. The molecule has 1 saturated heterocycles. The first kappa shape index (κ1) is 29.2. The van der Waals surface area contributed by atoms with Crippen molar-refractivity contribution in [2.24, 2.45) is 0 Å². The number of nitrogens with one attached hydrogen (secondary N) is 2. The van der Waals surface area contributed by atoms with E-state index in [1.165, 1.54) is 6.07 Å². The Balaban J connectivity index is 1.26. The third kappa shape index (κ3) is 5.37. The van der Waals surface area contributed by atoms with E-state index in [9.17, 15) is 19.2 Å². The van der Waals surface area contributed by atoms with E-state index in [1.807, 2.05) is 24.3 Å². The predicted molar refractivity (Wildman–Crippen MR) is 166 cm³/mol. The van der Waals surface area contributed by atoms with Crippen molar-refractivity contribution >= 4 is 52.7 Å². The Kier molecular flexibility index (Phi) is 7.40. The lowest BCUT2D eigenvalue weighted by Crippen LogP contribution is -2.54. The summed E-state index contributed by atoms with van der Waals surface area (Å²) >= 11 is 6.15. The van der Waals surface area contributed by atoms with Crippen LogP contribution in [-0.2, 0) is 31.1 Å². The molecule has 1 unspecified atom stereocenters. The van der Waals surface area contributed by atoms with E-state index >= 15 is 4.39 Å². The van der Waals surface area contributed by atoms with E-state index in [4.69, 9.17) is 16.3 Å². The number of carbonyl (C=O) groups excluding carboxylic acids is 4. The Morgan fingerprint density at radius 3 is 2.78 bits per heavy atom. The molecule has 4 heterocycles. The highest BCUT2D eigenvalue weighted by atomic mass is 35.5. The van der Waals surface area contributed by atoms with Crippen LogP contribution < -0.4 is 10.6 Å². The molecule has 2 aromatic carbocycles. The minimum atomic E-state index is -1.37. The van der Waals surface area contributed by atoms with Crippen LogP contribution in [0.1, 0.15) is 66.7 Å². The highest BCUT2D eigenvalue weighted by molar-refractivity contribution is 6.31. The minimum Gasteiger partial charge on any atom is -0.436 e. The molecule has 11 heteroatoms. The van der Waals surface area contributed by atoms with Gasteiger partial charge >= 0.3 is 6.09 Å². The lowest BCUT2D eigenvalue weighted by Gasteiger charge is -2.45. The summed E-state index contributed by atoms with van der Waals surface area (Å²) in [6.45, 7) is 0.403. The monoisotopic (exact) mass is 628 g/mol. The zero-order valence-corrected chi connectivity index (χ0v) is 25.1. The van der Waals surface area contributed by atoms with Gasteiger partial charge in [0.25, 0.3) is 0 Å². The van der Waals surface area contributed by atoms with E-state index < -0.39 is 23.4 Å². The summed E-state index contributed by atoms with van der Waals surface area (Å²) in [6.07, 6.45) is 7.28. The first-order valence-corrected chi connectivity index (χ1v) is 15.5. The molecule has 9 nitrogen and oxygen atoms in total. The Labute approximate surface area is 263 Å². The van der Waals surface area contributed by atoms with Gasteiger partial charge in [0.05, 0.1) is 40.1 Å². The zero-order valence-electron chi connectivity index (χ0n) is 24.3. The molecule has 0 radical (unpaired) electrons. The molecule has 230 valence electrons. The molecule has 4 aliphatic rings. The van der Waals surface area contributed by atoms with Crippen LogP contribution in [0.15, 0.2) is 48.7 Å². The fraction of sp³-hybridized carbons (Fsp3) is 0.324. The van der Waals surface area contributed by atoms with Crippen molar-refractivity contribution in [3.63, 3.8) is 0 Å². The van der Waals surface area contributed by atoms with Gasteiger partial charge < -0.3 is 15.0 Å². The summed E-state index contributed by atoms with van der Waals surface area (Å²) < 4.78 is 21.2. The molecule has 2 N–H and O–H groups in total. The predicted octanol–water partition coefficient (Wildman–Crippen LogP) is 6.36. The number of amides is 3. The molecule has 3 amide bonds. The number of likely N-dealkylation sites (tertiary alicyclic amines) is 1. The van der Waals surface area contributed by atoms with Crippen molar-refractivity contribution in [1.82, 2.24) is 9.88 Å². The van der Waals surface area contributed by atoms with Crippen LogP contribution in [0.25, 0.3) is 17.3 Å². The maximum Gasteiger partial charge on any atom is 0.412 e. The number of halogens is 2. The molecule has 3 aromatic rings. The van der Waals surface area contributed by atoms with Gasteiger partial charge in [-0.05, 0) is 84.8 Å². The van der Waals surface area contributed by atoms with Crippen molar-refractivity contribution in [1.29, 1.82) is 0 Å². The van der Waals surface area contributed by atoms with Crippen molar-refractivity contribution in [3.8, 4) is 11.3 Å². The highest BCUT2D eigenvalue weighted by Gasteiger charge is 2.49. The first-order valence-electron chi connectivity index (χ1n) is 15.1. The molecular weight excluding hydrogens is 599 g/mol. The second kappa shape index (κ2) is 11.4. The van der Waals surface area contributed by atoms with Gasteiger partial charge in [-0.2, -0.15) is 0 Å². The average Bonchev–Trinajstić information content (AvgIpc) is 3.01. The molecule has 0 saturated carbocycles. The van der Waals surface area contributed by atoms with Crippen LogP contribution in [0, 0.1) is 5.82 Å². The summed E-state index contributed by atoms with van der Waals surface area (Å²) in [7, 11) is 0. The lowest BCUT2D eigenvalue weighted by atomic mass is 9.82. The van der Waals surface area contributed by atoms with Crippen molar-refractivity contribution in [2.75, 3.05) is 23.7 Å². The van der Waals surface area contributed by atoms with E-state index in [0.29, 0.717) is 55.6 Å². The van der Waals surface area contributed by atoms with Crippen LogP contribution in [0.3, 0.4) is 0 Å². The smallest absolute Gasteiger partial charge is 0.412 e. The number of allylic oxidation sites excluding steroid dienone is 1. The van der Waals surface area contributed by atoms with Gasteiger partial charge in [0.2, 0.25) is 11.8 Å². The number of hydrogen-bond acceptors (Lipinski definition) is 6. The number of aromatic nitrogens is 1. The van der Waals surface area contributed by atoms with Crippen LogP contribution in [0.4, 0.5) is 20.6 Å². The molecule has 1 spiro atoms. The molecule has 7 rings (SSSR count). The lowest BCUT2D eigenvalue weighted by molar-refractivity contribution is -0.141. The second-order valence-electron chi connectivity index (χ2n) is 12.1. The summed E-state index contributed by atoms with van der Waals surface area (Å²) in [6, 6.07) is 10.4. The summed E-state index contributed by atoms with van der Waals surface area (Å²) in [5.41, 5.74) is 3.37. The quantitative estimate of drug-likeness (QED) is 0.324. The fourth-order valence-electron chi connectivity index (χ4n) is 6.99. The number of nitrogens with zero attached hydrogens (tertiary/aromatic N) is 2. The van der Waals surface area contributed by atoms with Gasteiger partial charge in [0, 0.05) is 31.1 Å².